The molecule has 1 atom stereocenters. The minimum atomic E-state index is -0.390. The fourth-order valence-corrected chi connectivity index (χ4v) is 3.81. The number of anilines is 2. The zero-order valence-electron chi connectivity index (χ0n) is 15.5. The van der Waals surface area contributed by atoms with Gasteiger partial charge in [0.05, 0.1) is 16.6 Å². The Balaban J connectivity index is 1.79. The first-order valence-electron chi connectivity index (χ1n) is 8.72. The average Bonchev–Trinajstić information content (AvgIpc) is 2.95. The molecular formula is C21H23ClN2O2. The van der Waals surface area contributed by atoms with E-state index in [-0.39, 0.29) is 24.2 Å². The van der Waals surface area contributed by atoms with E-state index in [0.29, 0.717) is 17.3 Å². The second-order valence-corrected chi connectivity index (χ2v) is 7.46. The Kier molecular flexibility index (Phi) is 5.05. The molecule has 0 aromatic heterocycles. The summed E-state index contributed by atoms with van der Waals surface area (Å²) in [6.45, 7) is 8.28. The Morgan fingerprint density at radius 1 is 1.15 bits per heavy atom. The number of amides is 2. The summed E-state index contributed by atoms with van der Waals surface area (Å²) in [5.74, 6) is -0.579. The van der Waals surface area contributed by atoms with Gasteiger partial charge in [0, 0.05) is 18.7 Å². The summed E-state index contributed by atoms with van der Waals surface area (Å²) in [4.78, 5) is 27.0. The molecule has 4 nitrogen and oxygen atoms in total. The number of hydrogen-bond acceptors (Lipinski definition) is 2. The first-order valence-corrected chi connectivity index (χ1v) is 9.10. The Labute approximate surface area is 159 Å². The van der Waals surface area contributed by atoms with Crippen LogP contribution < -0.4 is 10.2 Å². The van der Waals surface area contributed by atoms with Crippen molar-refractivity contribution in [3.05, 3.63) is 57.6 Å². The van der Waals surface area contributed by atoms with Crippen LogP contribution in [0.5, 0.6) is 0 Å². The molecular weight excluding hydrogens is 348 g/mol. The van der Waals surface area contributed by atoms with Crippen molar-refractivity contribution in [3.8, 4) is 0 Å². The van der Waals surface area contributed by atoms with Crippen LogP contribution in [0.2, 0.25) is 5.02 Å². The summed E-state index contributed by atoms with van der Waals surface area (Å²) in [7, 11) is 0. The van der Waals surface area contributed by atoms with Crippen LogP contribution in [-0.2, 0) is 9.59 Å². The third-order valence-electron chi connectivity index (χ3n) is 5.04. The molecule has 26 heavy (non-hydrogen) atoms. The molecule has 0 bridgehead atoms. The molecule has 1 heterocycles. The van der Waals surface area contributed by atoms with E-state index in [9.17, 15) is 9.59 Å². The quantitative estimate of drug-likeness (QED) is 0.860. The Hall–Kier alpha value is -2.33. The molecule has 1 saturated heterocycles. The molecule has 1 unspecified atom stereocenters. The van der Waals surface area contributed by atoms with Crippen molar-refractivity contribution in [2.24, 2.45) is 5.92 Å². The molecule has 1 fully saturated rings. The van der Waals surface area contributed by atoms with Crippen LogP contribution in [0.3, 0.4) is 0 Å². The van der Waals surface area contributed by atoms with Gasteiger partial charge in [-0.25, -0.2) is 0 Å². The highest BCUT2D eigenvalue weighted by atomic mass is 35.5. The number of carbonyl (C=O) groups excluding carboxylic acids is 2. The van der Waals surface area contributed by atoms with Gasteiger partial charge < -0.3 is 10.2 Å². The smallest absolute Gasteiger partial charge is 0.229 e. The summed E-state index contributed by atoms with van der Waals surface area (Å²) in [6, 6.07) is 9.69. The monoisotopic (exact) mass is 370 g/mol. The van der Waals surface area contributed by atoms with Crippen LogP contribution >= 0.6 is 11.6 Å². The largest absolute Gasteiger partial charge is 0.324 e. The fraction of sp³-hybridized carbons (Fsp3) is 0.333. The molecule has 3 rings (SSSR count). The third-order valence-corrected chi connectivity index (χ3v) is 5.34. The SMILES string of the molecule is Cc1cc(C)c(NC(=O)C2CC(=O)N(c3cccc(C)c3C)C2)c(Cl)c1. The molecule has 1 aliphatic heterocycles. The van der Waals surface area contributed by atoms with Gasteiger partial charge >= 0.3 is 0 Å². The molecule has 2 aromatic carbocycles. The highest BCUT2D eigenvalue weighted by Crippen LogP contribution is 2.32. The third kappa shape index (κ3) is 3.47. The van der Waals surface area contributed by atoms with Gasteiger partial charge in [0.2, 0.25) is 11.8 Å². The van der Waals surface area contributed by atoms with E-state index in [0.717, 1.165) is 27.9 Å². The lowest BCUT2D eigenvalue weighted by Crippen LogP contribution is -2.29. The second-order valence-electron chi connectivity index (χ2n) is 7.05. The van der Waals surface area contributed by atoms with Crippen LogP contribution in [0.15, 0.2) is 30.3 Å². The van der Waals surface area contributed by atoms with Crippen molar-refractivity contribution < 1.29 is 9.59 Å². The van der Waals surface area contributed by atoms with E-state index in [1.807, 2.05) is 58.0 Å². The van der Waals surface area contributed by atoms with Crippen LogP contribution in [-0.4, -0.2) is 18.4 Å². The Morgan fingerprint density at radius 2 is 1.88 bits per heavy atom. The summed E-state index contributed by atoms with van der Waals surface area (Å²) < 4.78 is 0. The first-order chi connectivity index (χ1) is 12.3. The summed E-state index contributed by atoms with van der Waals surface area (Å²) >= 11 is 6.28. The first kappa shape index (κ1) is 18.5. The molecule has 2 aromatic rings. The fourth-order valence-electron chi connectivity index (χ4n) is 3.44. The van der Waals surface area contributed by atoms with Crippen LogP contribution in [0.1, 0.15) is 28.7 Å². The van der Waals surface area contributed by atoms with Crippen molar-refractivity contribution in [2.45, 2.75) is 34.1 Å². The molecule has 0 radical (unpaired) electrons. The van der Waals surface area contributed by atoms with Gasteiger partial charge in [-0.3, -0.25) is 9.59 Å². The summed E-state index contributed by atoms with van der Waals surface area (Å²) in [5, 5.41) is 3.44. The lowest BCUT2D eigenvalue weighted by Gasteiger charge is -2.20. The van der Waals surface area contributed by atoms with Gasteiger partial charge in [0.15, 0.2) is 0 Å². The topological polar surface area (TPSA) is 49.4 Å². The van der Waals surface area contributed by atoms with Crippen LogP contribution in [0, 0.1) is 33.6 Å². The highest BCUT2D eigenvalue weighted by molar-refractivity contribution is 6.34. The minimum Gasteiger partial charge on any atom is -0.324 e. The Morgan fingerprint density at radius 3 is 2.58 bits per heavy atom. The van der Waals surface area contributed by atoms with E-state index in [1.54, 1.807) is 4.90 Å². The van der Waals surface area contributed by atoms with E-state index in [2.05, 4.69) is 5.32 Å². The lowest BCUT2D eigenvalue weighted by atomic mass is 10.1. The average molecular weight is 371 g/mol. The van der Waals surface area contributed by atoms with Gasteiger partial charge in [0.25, 0.3) is 0 Å². The second kappa shape index (κ2) is 7.12. The van der Waals surface area contributed by atoms with Crippen molar-refractivity contribution in [1.82, 2.24) is 0 Å². The maximum atomic E-state index is 12.7. The minimum absolute atomic E-state index is 0.0226. The normalized spacial score (nSPS) is 16.9. The van der Waals surface area contributed by atoms with E-state index in [4.69, 9.17) is 11.6 Å². The molecule has 0 spiro atoms. The van der Waals surface area contributed by atoms with Crippen molar-refractivity contribution in [3.63, 3.8) is 0 Å². The van der Waals surface area contributed by atoms with Crippen molar-refractivity contribution in [1.29, 1.82) is 0 Å². The number of nitrogens with zero attached hydrogens (tertiary/aromatic N) is 1. The number of nitrogens with one attached hydrogen (secondary N) is 1. The summed E-state index contributed by atoms with van der Waals surface area (Å²) in [6.07, 6.45) is 0.210. The number of rotatable bonds is 3. The van der Waals surface area contributed by atoms with E-state index < -0.39 is 0 Å². The number of aryl methyl sites for hydroxylation is 3. The van der Waals surface area contributed by atoms with Gasteiger partial charge in [-0.2, -0.15) is 0 Å². The number of benzene rings is 2. The summed E-state index contributed by atoms with van der Waals surface area (Å²) in [5.41, 5.74) is 5.67. The van der Waals surface area contributed by atoms with Gasteiger partial charge in [0.1, 0.15) is 0 Å². The molecule has 136 valence electrons. The van der Waals surface area contributed by atoms with Crippen molar-refractivity contribution in [2.75, 3.05) is 16.8 Å². The number of carbonyl (C=O) groups is 2. The van der Waals surface area contributed by atoms with E-state index in [1.165, 1.54) is 0 Å². The zero-order chi connectivity index (χ0) is 19.0. The molecule has 1 aliphatic rings. The van der Waals surface area contributed by atoms with Gasteiger partial charge in [-0.1, -0.05) is 29.8 Å². The zero-order valence-corrected chi connectivity index (χ0v) is 16.3. The lowest BCUT2D eigenvalue weighted by molar-refractivity contribution is -0.122. The molecule has 5 heteroatoms. The maximum Gasteiger partial charge on any atom is 0.229 e. The number of hydrogen-bond donors (Lipinski definition) is 1. The standard InChI is InChI=1S/C21H23ClN2O2/c1-12-8-14(3)20(17(22)9-12)23-21(26)16-10-19(25)24(11-16)18-7-5-6-13(2)15(18)4/h5-9,16H,10-11H2,1-4H3,(H,23,26). The Bertz CT molecular complexity index is 869. The maximum absolute atomic E-state index is 12.7. The van der Waals surface area contributed by atoms with Crippen LogP contribution in [0.4, 0.5) is 11.4 Å². The molecule has 2 amide bonds. The molecule has 0 saturated carbocycles. The van der Waals surface area contributed by atoms with Gasteiger partial charge in [-0.15, -0.1) is 0 Å². The van der Waals surface area contributed by atoms with E-state index >= 15 is 0 Å². The molecule has 0 aliphatic carbocycles. The molecule has 1 N–H and O–H groups in total. The highest BCUT2D eigenvalue weighted by Gasteiger charge is 2.36. The van der Waals surface area contributed by atoms with Gasteiger partial charge in [-0.05, 0) is 62.1 Å². The number of halogens is 1. The van der Waals surface area contributed by atoms with Crippen molar-refractivity contribution >= 4 is 34.8 Å². The predicted octanol–water partition coefficient (Wildman–Crippen LogP) is 4.57. The predicted molar refractivity (Wildman–Crippen MR) is 106 cm³/mol. The van der Waals surface area contributed by atoms with Crippen LogP contribution in [0.25, 0.3) is 0 Å².